The molecule has 14 heavy (non-hydrogen) atoms. The molecule has 2 N–H and O–H groups in total. The van der Waals surface area contributed by atoms with Crippen LogP contribution in [0.5, 0.6) is 0 Å². The van der Waals surface area contributed by atoms with Crippen molar-refractivity contribution < 1.29 is 14.7 Å². The summed E-state index contributed by atoms with van der Waals surface area (Å²) < 4.78 is 0. The zero-order chi connectivity index (χ0) is 11.1. The third-order valence-corrected chi connectivity index (χ3v) is 2.13. The van der Waals surface area contributed by atoms with Gasteiger partial charge in [-0.25, -0.2) is 4.79 Å². The van der Waals surface area contributed by atoms with Gasteiger partial charge in [0.25, 0.3) is 0 Å². The Morgan fingerprint density at radius 3 is 2.50 bits per heavy atom. The number of hydrogen-bond donors (Lipinski definition) is 2. The van der Waals surface area contributed by atoms with Gasteiger partial charge in [-0.1, -0.05) is 26.3 Å². The van der Waals surface area contributed by atoms with Crippen LogP contribution in [0.15, 0.2) is 12.7 Å². The molecule has 0 aliphatic rings. The molecule has 2 atom stereocenters. The number of carbonyl (C=O) groups excluding carboxylic acids is 1. The lowest BCUT2D eigenvalue weighted by molar-refractivity contribution is -0.143. The Labute approximate surface area is 84.0 Å². The van der Waals surface area contributed by atoms with Gasteiger partial charge in [0.05, 0.1) is 0 Å². The quantitative estimate of drug-likeness (QED) is 0.631. The average molecular weight is 199 g/mol. The molecule has 0 saturated carbocycles. The van der Waals surface area contributed by atoms with Crippen molar-refractivity contribution >= 4 is 11.9 Å². The van der Waals surface area contributed by atoms with E-state index in [2.05, 4.69) is 11.9 Å². The highest BCUT2D eigenvalue weighted by Gasteiger charge is 2.24. The topological polar surface area (TPSA) is 66.4 Å². The van der Waals surface area contributed by atoms with Crippen LogP contribution >= 0.6 is 0 Å². The maximum Gasteiger partial charge on any atom is 0.326 e. The highest BCUT2D eigenvalue weighted by atomic mass is 16.4. The van der Waals surface area contributed by atoms with E-state index >= 15 is 0 Å². The number of carboxylic acids is 1. The minimum absolute atomic E-state index is 0.0683. The molecule has 0 spiro atoms. The maximum absolute atomic E-state index is 11.1. The van der Waals surface area contributed by atoms with E-state index in [-0.39, 0.29) is 18.2 Å². The van der Waals surface area contributed by atoms with Crippen LogP contribution in [-0.4, -0.2) is 23.0 Å². The van der Waals surface area contributed by atoms with E-state index in [4.69, 9.17) is 5.11 Å². The number of hydrogen-bond acceptors (Lipinski definition) is 2. The first-order valence-electron chi connectivity index (χ1n) is 4.66. The predicted molar refractivity (Wildman–Crippen MR) is 53.8 cm³/mol. The summed E-state index contributed by atoms with van der Waals surface area (Å²) in [7, 11) is 0. The summed E-state index contributed by atoms with van der Waals surface area (Å²) in [5, 5.41) is 11.3. The van der Waals surface area contributed by atoms with Crippen molar-refractivity contribution in [3.8, 4) is 0 Å². The van der Waals surface area contributed by atoms with E-state index in [0.29, 0.717) is 6.42 Å². The molecule has 0 aromatic carbocycles. The van der Waals surface area contributed by atoms with Gasteiger partial charge in [0.15, 0.2) is 0 Å². The molecular weight excluding hydrogens is 182 g/mol. The van der Waals surface area contributed by atoms with Crippen molar-refractivity contribution in [2.75, 3.05) is 0 Å². The van der Waals surface area contributed by atoms with Crippen molar-refractivity contribution in [2.45, 2.75) is 32.7 Å². The minimum atomic E-state index is -0.989. The molecule has 0 fully saturated rings. The lowest BCUT2D eigenvalue weighted by atomic mass is 9.99. The van der Waals surface area contributed by atoms with Crippen molar-refractivity contribution in [2.24, 2.45) is 5.92 Å². The van der Waals surface area contributed by atoms with E-state index < -0.39 is 12.0 Å². The standard InChI is InChI=1S/C10H17NO3/c1-4-6-8(12)11-9(10(13)14)7(3)5-2/h4,7,9H,1,5-6H2,2-3H3,(H,11,12)(H,13,14)/t7-,9-/m0/s1. The molecule has 0 aliphatic carbocycles. The largest absolute Gasteiger partial charge is 0.480 e. The summed E-state index contributed by atoms with van der Waals surface area (Å²) in [6.07, 6.45) is 2.32. The van der Waals surface area contributed by atoms with Crippen molar-refractivity contribution in [1.29, 1.82) is 0 Å². The van der Waals surface area contributed by atoms with Crippen molar-refractivity contribution in [3.63, 3.8) is 0 Å². The van der Waals surface area contributed by atoms with Gasteiger partial charge in [-0.2, -0.15) is 0 Å². The second-order valence-electron chi connectivity index (χ2n) is 3.26. The van der Waals surface area contributed by atoms with Gasteiger partial charge in [0.1, 0.15) is 6.04 Å². The number of amides is 1. The summed E-state index contributed by atoms with van der Waals surface area (Å²) in [5.74, 6) is -1.36. The smallest absolute Gasteiger partial charge is 0.326 e. The molecule has 0 heterocycles. The van der Waals surface area contributed by atoms with Crippen LogP contribution in [0.4, 0.5) is 0 Å². The Balaban J connectivity index is 4.29. The van der Waals surface area contributed by atoms with E-state index in [9.17, 15) is 9.59 Å². The Morgan fingerprint density at radius 2 is 2.14 bits per heavy atom. The summed E-state index contributed by atoms with van der Waals surface area (Å²) in [4.78, 5) is 21.9. The number of nitrogens with one attached hydrogen (secondary N) is 1. The van der Waals surface area contributed by atoms with Crippen LogP contribution in [0.2, 0.25) is 0 Å². The number of aliphatic carboxylic acids is 1. The summed E-state index contributed by atoms with van der Waals surface area (Å²) in [5.41, 5.74) is 0. The number of carboxylic acid groups (broad SMARTS) is 1. The minimum Gasteiger partial charge on any atom is -0.480 e. The van der Waals surface area contributed by atoms with Gasteiger partial charge >= 0.3 is 5.97 Å². The lowest BCUT2D eigenvalue weighted by Crippen LogP contribution is -2.44. The SMILES string of the molecule is C=CCC(=O)N[C@H](C(=O)O)[C@@H](C)CC. The molecule has 4 heteroatoms. The van der Waals surface area contributed by atoms with E-state index in [1.165, 1.54) is 6.08 Å². The molecule has 1 amide bonds. The maximum atomic E-state index is 11.1. The highest BCUT2D eigenvalue weighted by Crippen LogP contribution is 2.07. The second-order valence-corrected chi connectivity index (χ2v) is 3.26. The average Bonchev–Trinajstić information content (AvgIpc) is 2.13. The first kappa shape index (κ1) is 12.7. The molecular formula is C10H17NO3. The Bertz CT molecular complexity index is 225. The van der Waals surface area contributed by atoms with Gasteiger partial charge in [-0.05, 0) is 5.92 Å². The molecule has 0 radical (unpaired) electrons. The summed E-state index contributed by atoms with van der Waals surface area (Å²) in [6.45, 7) is 7.10. The van der Waals surface area contributed by atoms with Crippen LogP contribution in [0.3, 0.4) is 0 Å². The zero-order valence-corrected chi connectivity index (χ0v) is 8.62. The van der Waals surface area contributed by atoms with E-state index in [1.807, 2.05) is 6.92 Å². The van der Waals surface area contributed by atoms with Crippen LogP contribution < -0.4 is 5.32 Å². The Kier molecular flexibility index (Phi) is 5.60. The van der Waals surface area contributed by atoms with Gasteiger partial charge in [0, 0.05) is 6.42 Å². The Hall–Kier alpha value is -1.32. The fourth-order valence-corrected chi connectivity index (χ4v) is 1.05. The van der Waals surface area contributed by atoms with Crippen molar-refractivity contribution in [3.05, 3.63) is 12.7 Å². The lowest BCUT2D eigenvalue weighted by Gasteiger charge is -2.19. The Morgan fingerprint density at radius 1 is 1.57 bits per heavy atom. The molecule has 0 aromatic heterocycles. The number of rotatable bonds is 6. The van der Waals surface area contributed by atoms with Crippen LogP contribution in [0, 0.1) is 5.92 Å². The summed E-state index contributed by atoms with van der Waals surface area (Å²) in [6, 6.07) is -0.799. The van der Waals surface area contributed by atoms with Crippen LogP contribution in [-0.2, 0) is 9.59 Å². The molecule has 0 aliphatic heterocycles. The van der Waals surface area contributed by atoms with Gasteiger partial charge < -0.3 is 10.4 Å². The van der Waals surface area contributed by atoms with Gasteiger partial charge in [0.2, 0.25) is 5.91 Å². The molecule has 80 valence electrons. The molecule has 0 rings (SSSR count). The molecule has 4 nitrogen and oxygen atoms in total. The first-order valence-corrected chi connectivity index (χ1v) is 4.66. The highest BCUT2D eigenvalue weighted by molar-refractivity contribution is 5.84. The fourth-order valence-electron chi connectivity index (χ4n) is 1.05. The number of carbonyl (C=O) groups is 2. The van der Waals surface area contributed by atoms with Gasteiger partial charge in [-0.3, -0.25) is 4.79 Å². The second kappa shape index (κ2) is 6.18. The molecule has 0 unspecified atom stereocenters. The van der Waals surface area contributed by atoms with Crippen LogP contribution in [0.25, 0.3) is 0 Å². The fraction of sp³-hybridized carbons (Fsp3) is 0.600. The van der Waals surface area contributed by atoms with E-state index in [0.717, 1.165) is 0 Å². The van der Waals surface area contributed by atoms with Crippen molar-refractivity contribution in [1.82, 2.24) is 5.32 Å². The third-order valence-electron chi connectivity index (χ3n) is 2.13. The third kappa shape index (κ3) is 4.07. The molecule has 0 bridgehead atoms. The summed E-state index contributed by atoms with van der Waals surface area (Å²) >= 11 is 0. The first-order chi connectivity index (χ1) is 6.52. The molecule has 0 aromatic rings. The monoisotopic (exact) mass is 199 g/mol. The zero-order valence-electron chi connectivity index (χ0n) is 8.62. The van der Waals surface area contributed by atoms with Gasteiger partial charge in [-0.15, -0.1) is 6.58 Å². The molecule has 0 saturated heterocycles. The van der Waals surface area contributed by atoms with E-state index in [1.54, 1.807) is 6.92 Å². The normalized spacial score (nSPS) is 14.1. The van der Waals surface area contributed by atoms with Crippen LogP contribution in [0.1, 0.15) is 26.7 Å². The predicted octanol–water partition coefficient (Wildman–Crippen LogP) is 1.18.